The molecule has 100 valence electrons. The molecular formula is C13H19NO3S. The summed E-state index contributed by atoms with van der Waals surface area (Å²) in [5, 5.41) is 12.2. The molecule has 0 aliphatic rings. The summed E-state index contributed by atoms with van der Waals surface area (Å²) in [6, 6.07) is 6.71. The van der Waals surface area contributed by atoms with E-state index in [1.165, 1.54) is 0 Å². The van der Waals surface area contributed by atoms with Crippen molar-refractivity contribution in [2.24, 2.45) is 0 Å². The second kappa shape index (κ2) is 7.87. The van der Waals surface area contributed by atoms with Crippen molar-refractivity contribution >= 4 is 23.4 Å². The van der Waals surface area contributed by atoms with Gasteiger partial charge in [-0.05, 0) is 42.2 Å². The van der Waals surface area contributed by atoms with E-state index in [9.17, 15) is 4.79 Å². The number of anilines is 1. The molecule has 0 aromatic heterocycles. The van der Waals surface area contributed by atoms with Gasteiger partial charge in [-0.15, -0.1) is 0 Å². The molecule has 1 aromatic carbocycles. The van der Waals surface area contributed by atoms with E-state index < -0.39 is 12.0 Å². The summed E-state index contributed by atoms with van der Waals surface area (Å²) in [4.78, 5) is 11.1. The number of carbonyl (C=O) groups is 1. The second-order valence-corrected chi connectivity index (χ2v) is 5.14. The van der Waals surface area contributed by atoms with E-state index >= 15 is 0 Å². The van der Waals surface area contributed by atoms with Gasteiger partial charge < -0.3 is 15.2 Å². The first-order valence-corrected chi connectivity index (χ1v) is 7.04. The first-order chi connectivity index (χ1) is 8.67. The van der Waals surface area contributed by atoms with Crippen LogP contribution in [0.1, 0.15) is 13.3 Å². The van der Waals surface area contributed by atoms with E-state index in [1.807, 2.05) is 24.3 Å². The minimum atomic E-state index is -0.817. The van der Waals surface area contributed by atoms with E-state index in [0.29, 0.717) is 6.42 Å². The van der Waals surface area contributed by atoms with Crippen molar-refractivity contribution in [3.63, 3.8) is 0 Å². The number of rotatable bonds is 8. The first kappa shape index (κ1) is 14.7. The number of carboxylic acid groups (broad SMARTS) is 1. The number of hydrogen-bond acceptors (Lipinski definition) is 4. The number of nitrogens with one attached hydrogen (secondary N) is 1. The lowest BCUT2D eigenvalue weighted by atomic mass is 10.2. The summed E-state index contributed by atoms with van der Waals surface area (Å²) in [5.74, 6) is 1.79. The molecule has 0 spiro atoms. The third-order valence-corrected chi connectivity index (χ3v) is 3.42. The predicted octanol–water partition coefficient (Wildman–Crippen LogP) is 2.70. The third-order valence-electron chi connectivity index (χ3n) is 2.48. The third kappa shape index (κ3) is 4.87. The molecule has 4 nitrogen and oxygen atoms in total. The average molecular weight is 269 g/mol. The Bertz CT molecular complexity index is 367. The Balaban J connectivity index is 2.56. The van der Waals surface area contributed by atoms with E-state index in [1.54, 1.807) is 18.9 Å². The highest BCUT2D eigenvalue weighted by molar-refractivity contribution is 7.99. The highest BCUT2D eigenvalue weighted by Gasteiger charge is 2.16. The molecule has 1 unspecified atom stereocenters. The van der Waals surface area contributed by atoms with Crippen LogP contribution < -0.4 is 10.1 Å². The SMILES string of the molecule is CCSCCC(Nc1ccc(OC)cc1)C(=O)O. The van der Waals surface area contributed by atoms with Crippen LogP contribution in [0.2, 0.25) is 0 Å². The molecule has 0 bridgehead atoms. The maximum Gasteiger partial charge on any atom is 0.326 e. The molecule has 0 amide bonds. The van der Waals surface area contributed by atoms with Gasteiger partial charge in [-0.25, -0.2) is 4.79 Å². The minimum absolute atomic E-state index is 0.544. The number of hydrogen-bond donors (Lipinski definition) is 2. The van der Waals surface area contributed by atoms with Crippen LogP contribution in [-0.4, -0.2) is 35.7 Å². The van der Waals surface area contributed by atoms with Crippen molar-refractivity contribution in [2.75, 3.05) is 23.9 Å². The van der Waals surface area contributed by atoms with Gasteiger partial charge >= 0.3 is 5.97 Å². The van der Waals surface area contributed by atoms with E-state index in [4.69, 9.17) is 9.84 Å². The number of methoxy groups -OCH3 is 1. The van der Waals surface area contributed by atoms with Gasteiger partial charge in [-0.2, -0.15) is 11.8 Å². The number of ether oxygens (including phenoxy) is 1. The Hall–Kier alpha value is -1.36. The van der Waals surface area contributed by atoms with Crippen LogP contribution in [-0.2, 0) is 4.79 Å². The van der Waals surface area contributed by atoms with Gasteiger partial charge in [-0.3, -0.25) is 0 Å². The number of benzene rings is 1. The Morgan fingerprint density at radius 2 is 2.11 bits per heavy atom. The Kier molecular flexibility index (Phi) is 6.43. The Morgan fingerprint density at radius 1 is 1.44 bits per heavy atom. The van der Waals surface area contributed by atoms with Crippen molar-refractivity contribution in [3.05, 3.63) is 24.3 Å². The molecule has 0 aliphatic heterocycles. The Morgan fingerprint density at radius 3 is 2.61 bits per heavy atom. The normalized spacial score (nSPS) is 11.9. The summed E-state index contributed by atoms with van der Waals surface area (Å²) < 4.78 is 5.05. The van der Waals surface area contributed by atoms with Crippen molar-refractivity contribution < 1.29 is 14.6 Å². The Labute approximate surface area is 112 Å². The van der Waals surface area contributed by atoms with Crippen LogP contribution in [0.4, 0.5) is 5.69 Å². The summed E-state index contributed by atoms with van der Waals surface area (Å²) in [6.45, 7) is 2.07. The standard InChI is InChI=1S/C13H19NO3S/c1-3-18-9-8-12(13(15)16)14-10-4-6-11(17-2)7-5-10/h4-7,12,14H,3,8-9H2,1-2H3,(H,15,16). The zero-order chi connectivity index (χ0) is 13.4. The molecule has 1 atom stereocenters. The molecule has 0 fully saturated rings. The van der Waals surface area contributed by atoms with Crippen LogP contribution in [0.3, 0.4) is 0 Å². The van der Waals surface area contributed by atoms with Crippen LogP contribution in [0.5, 0.6) is 5.75 Å². The molecule has 0 heterocycles. The van der Waals surface area contributed by atoms with Crippen molar-refractivity contribution in [2.45, 2.75) is 19.4 Å². The highest BCUT2D eigenvalue weighted by Crippen LogP contribution is 2.17. The summed E-state index contributed by atoms with van der Waals surface area (Å²) >= 11 is 1.75. The van der Waals surface area contributed by atoms with Crippen molar-refractivity contribution in [1.29, 1.82) is 0 Å². The van der Waals surface area contributed by atoms with E-state index in [0.717, 1.165) is 22.9 Å². The monoisotopic (exact) mass is 269 g/mol. The van der Waals surface area contributed by atoms with Gasteiger partial charge in [-0.1, -0.05) is 6.92 Å². The fourth-order valence-corrected chi connectivity index (χ4v) is 2.18. The highest BCUT2D eigenvalue weighted by atomic mass is 32.2. The van der Waals surface area contributed by atoms with Crippen LogP contribution in [0.15, 0.2) is 24.3 Å². The molecule has 18 heavy (non-hydrogen) atoms. The van der Waals surface area contributed by atoms with Crippen LogP contribution >= 0.6 is 11.8 Å². The van der Waals surface area contributed by atoms with Crippen LogP contribution in [0.25, 0.3) is 0 Å². The fraction of sp³-hybridized carbons (Fsp3) is 0.462. The quantitative estimate of drug-likeness (QED) is 0.711. The maximum absolute atomic E-state index is 11.1. The maximum atomic E-state index is 11.1. The van der Waals surface area contributed by atoms with Gasteiger partial charge in [0.2, 0.25) is 0 Å². The summed E-state index contributed by atoms with van der Waals surface area (Å²) in [5.41, 5.74) is 0.796. The molecule has 0 saturated carbocycles. The van der Waals surface area contributed by atoms with Gasteiger partial charge in [0.05, 0.1) is 7.11 Å². The van der Waals surface area contributed by atoms with Crippen molar-refractivity contribution in [3.8, 4) is 5.75 Å². The first-order valence-electron chi connectivity index (χ1n) is 5.88. The molecule has 2 N–H and O–H groups in total. The summed E-state index contributed by atoms with van der Waals surface area (Å²) in [6.07, 6.45) is 0.611. The van der Waals surface area contributed by atoms with E-state index in [-0.39, 0.29) is 0 Å². The molecule has 1 rings (SSSR count). The number of aliphatic carboxylic acids is 1. The van der Waals surface area contributed by atoms with Crippen LogP contribution in [0, 0.1) is 0 Å². The second-order valence-electron chi connectivity index (χ2n) is 3.75. The number of carboxylic acids is 1. The lowest BCUT2D eigenvalue weighted by Crippen LogP contribution is -2.29. The molecular weight excluding hydrogens is 250 g/mol. The minimum Gasteiger partial charge on any atom is -0.497 e. The van der Waals surface area contributed by atoms with Gasteiger partial charge in [0, 0.05) is 5.69 Å². The molecule has 0 saturated heterocycles. The zero-order valence-corrected chi connectivity index (χ0v) is 11.5. The number of thioether (sulfide) groups is 1. The molecule has 1 aromatic rings. The predicted molar refractivity (Wildman–Crippen MR) is 75.7 cm³/mol. The van der Waals surface area contributed by atoms with Gasteiger partial charge in [0.15, 0.2) is 0 Å². The van der Waals surface area contributed by atoms with Gasteiger partial charge in [0.1, 0.15) is 11.8 Å². The summed E-state index contributed by atoms with van der Waals surface area (Å²) in [7, 11) is 1.60. The largest absolute Gasteiger partial charge is 0.497 e. The molecule has 0 radical (unpaired) electrons. The molecule has 5 heteroatoms. The van der Waals surface area contributed by atoms with Crippen molar-refractivity contribution in [1.82, 2.24) is 0 Å². The smallest absolute Gasteiger partial charge is 0.326 e. The lowest BCUT2D eigenvalue weighted by Gasteiger charge is -2.15. The molecule has 0 aliphatic carbocycles. The van der Waals surface area contributed by atoms with Gasteiger partial charge in [0.25, 0.3) is 0 Å². The zero-order valence-electron chi connectivity index (χ0n) is 10.7. The lowest BCUT2D eigenvalue weighted by molar-refractivity contribution is -0.137. The topological polar surface area (TPSA) is 58.6 Å². The average Bonchev–Trinajstić information content (AvgIpc) is 2.38. The fourth-order valence-electron chi connectivity index (χ4n) is 1.49. The van der Waals surface area contributed by atoms with E-state index in [2.05, 4.69) is 12.2 Å².